The van der Waals surface area contributed by atoms with Gasteiger partial charge in [-0.2, -0.15) is 0 Å². The zero-order valence-corrected chi connectivity index (χ0v) is 13.6. The Hall–Kier alpha value is -2.04. The van der Waals surface area contributed by atoms with Crippen molar-refractivity contribution in [1.29, 1.82) is 0 Å². The minimum absolute atomic E-state index is 0.213. The van der Waals surface area contributed by atoms with E-state index in [1.165, 1.54) is 23.6 Å². The molecule has 2 aliphatic rings. The Kier molecular flexibility index (Phi) is 5.16. The molecule has 3 rings (SSSR count). The van der Waals surface area contributed by atoms with Gasteiger partial charge in [0.2, 0.25) is 0 Å². The van der Waals surface area contributed by atoms with Gasteiger partial charge in [0.05, 0.1) is 10.6 Å². The normalized spacial score (nSPS) is 16.7. The molecule has 23 heavy (non-hydrogen) atoms. The molecule has 0 saturated heterocycles. The molecule has 1 aromatic rings. The van der Waals surface area contributed by atoms with E-state index in [1.807, 2.05) is 30.4 Å². The quantitative estimate of drug-likeness (QED) is 0.726. The molecule has 0 saturated carbocycles. The fourth-order valence-corrected chi connectivity index (χ4v) is 3.23. The molecular formula is C19H19FN2S. The highest BCUT2D eigenvalue weighted by Gasteiger charge is 2.11. The monoisotopic (exact) mass is 326 g/mol. The second kappa shape index (κ2) is 7.49. The minimum atomic E-state index is -0.213. The molecule has 0 fully saturated rings. The molecule has 118 valence electrons. The smallest absolute Gasteiger partial charge is 0.138 e. The second-order valence-corrected chi connectivity index (χ2v) is 6.21. The summed E-state index contributed by atoms with van der Waals surface area (Å²) in [6.45, 7) is 0.483. The number of allylic oxidation sites excluding steroid dienone is 9. The van der Waals surface area contributed by atoms with Crippen LogP contribution >= 0.6 is 11.9 Å². The Balaban J connectivity index is 1.85. The van der Waals surface area contributed by atoms with Gasteiger partial charge in [-0.15, -0.1) is 0 Å². The standard InChI is InChI=1S/C19H19FN2S/c20-17-8-2-1-3-9-19(17)23-22-18-12-14(13-21)10-11-16(18)15-6-4-5-7-15/h2-6,8-12,22H,1,7,13,21H2. The number of hydrogen-bond donors (Lipinski definition) is 2. The van der Waals surface area contributed by atoms with Crippen LogP contribution in [0.15, 0.2) is 71.5 Å². The van der Waals surface area contributed by atoms with Crippen molar-refractivity contribution in [2.75, 3.05) is 4.72 Å². The Morgan fingerprint density at radius 1 is 1.17 bits per heavy atom. The van der Waals surface area contributed by atoms with Gasteiger partial charge in [-0.1, -0.05) is 42.5 Å². The maximum atomic E-state index is 14.0. The van der Waals surface area contributed by atoms with Crippen LogP contribution in [-0.4, -0.2) is 0 Å². The van der Waals surface area contributed by atoms with Gasteiger partial charge >= 0.3 is 0 Å². The summed E-state index contributed by atoms with van der Waals surface area (Å²) < 4.78 is 17.3. The van der Waals surface area contributed by atoms with E-state index < -0.39 is 0 Å². The van der Waals surface area contributed by atoms with Crippen LogP contribution in [0.25, 0.3) is 5.57 Å². The molecule has 0 amide bonds. The molecule has 0 aromatic heterocycles. The van der Waals surface area contributed by atoms with E-state index in [9.17, 15) is 4.39 Å². The lowest BCUT2D eigenvalue weighted by atomic mass is 10.0. The Labute approximate surface area is 140 Å². The lowest BCUT2D eigenvalue weighted by Crippen LogP contribution is -2.00. The molecule has 1 aromatic carbocycles. The van der Waals surface area contributed by atoms with Crippen LogP contribution < -0.4 is 10.5 Å². The van der Waals surface area contributed by atoms with E-state index in [1.54, 1.807) is 0 Å². The van der Waals surface area contributed by atoms with Gasteiger partial charge in [0.25, 0.3) is 0 Å². The fraction of sp³-hybridized carbons (Fsp3) is 0.158. The van der Waals surface area contributed by atoms with Gasteiger partial charge in [0.1, 0.15) is 5.83 Å². The predicted molar refractivity (Wildman–Crippen MR) is 98.3 cm³/mol. The Bertz CT molecular complexity index is 742. The van der Waals surface area contributed by atoms with Crippen molar-refractivity contribution in [3.63, 3.8) is 0 Å². The summed E-state index contributed by atoms with van der Waals surface area (Å²) in [5.74, 6) is -0.213. The predicted octanol–water partition coefficient (Wildman–Crippen LogP) is 5.25. The van der Waals surface area contributed by atoms with Gasteiger partial charge in [-0.05, 0) is 54.1 Å². The summed E-state index contributed by atoms with van der Waals surface area (Å²) in [5, 5.41) is 0. The topological polar surface area (TPSA) is 38.0 Å². The number of nitrogens with one attached hydrogen (secondary N) is 1. The van der Waals surface area contributed by atoms with E-state index in [2.05, 4.69) is 29.0 Å². The number of hydrogen-bond acceptors (Lipinski definition) is 3. The van der Waals surface area contributed by atoms with Crippen LogP contribution in [0.2, 0.25) is 0 Å². The molecule has 0 unspecified atom stereocenters. The van der Waals surface area contributed by atoms with Crippen molar-refractivity contribution >= 4 is 23.2 Å². The van der Waals surface area contributed by atoms with Gasteiger partial charge in [0, 0.05) is 12.1 Å². The molecule has 0 spiro atoms. The zero-order chi connectivity index (χ0) is 16.1. The molecule has 0 atom stereocenters. The summed E-state index contributed by atoms with van der Waals surface area (Å²) in [6, 6.07) is 6.16. The van der Waals surface area contributed by atoms with E-state index in [-0.39, 0.29) is 5.83 Å². The third-order valence-electron chi connectivity index (χ3n) is 3.75. The number of nitrogens with two attached hydrogens (primary N) is 1. The number of halogens is 1. The molecule has 0 heterocycles. The van der Waals surface area contributed by atoms with Crippen molar-refractivity contribution in [2.24, 2.45) is 5.73 Å². The maximum absolute atomic E-state index is 14.0. The first-order valence-electron chi connectivity index (χ1n) is 7.62. The molecule has 0 aliphatic heterocycles. The van der Waals surface area contributed by atoms with Crippen molar-refractivity contribution in [2.45, 2.75) is 19.4 Å². The first-order valence-corrected chi connectivity index (χ1v) is 8.44. The van der Waals surface area contributed by atoms with E-state index in [4.69, 9.17) is 5.73 Å². The van der Waals surface area contributed by atoms with Gasteiger partial charge in [0.15, 0.2) is 0 Å². The van der Waals surface area contributed by atoms with Crippen LogP contribution in [0.5, 0.6) is 0 Å². The van der Waals surface area contributed by atoms with Crippen molar-refractivity contribution < 1.29 is 4.39 Å². The number of rotatable bonds is 5. The molecule has 4 heteroatoms. The van der Waals surface area contributed by atoms with Gasteiger partial charge in [-0.3, -0.25) is 0 Å². The molecular weight excluding hydrogens is 307 g/mol. The molecule has 0 bridgehead atoms. The fourth-order valence-electron chi connectivity index (χ4n) is 2.51. The summed E-state index contributed by atoms with van der Waals surface area (Å²) in [7, 11) is 0. The van der Waals surface area contributed by atoms with Crippen molar-refractivity contribution in [3.05, 3.63) is 82.6 Å². The number of benzene rings is 1. The van der Waals surface area contributed by atoms with Crippen molar-refractivity contribution in [1.82, 2.24) is 0 Å². The average molecular weight is 326 g/mol. The van der Waals surface area contributed by atoms with E-state index in [0.717, 1.165) is 29.7 Å². The van der Waals surface area contributed by atoms with Gasteiger partial charge in [-0.25, -0.2) is 4.39 Å². The average Bonchev–Trinajstić information content (AvgIpc) is 3.03. The van der Waals surface area contributed by atoms with E-state index in [0.29, 0.717) is 11.4 Å². The summed E-state index contributed by atoms with van der Waals surface area (Å²) >= 11 is 1.29. The lowest BCUT2D eigenvalue weighted by molar-refractivity contribution is 0.665. The largest absolute Gasteiger partial charge is 0.326 e. The second-order valence-electron chi connectivity index (χ2n) is 5.36. The highest BCUT2D eigenvalue weighted by atomic mass is 32.2. The Morgan fingerprint density at radius 3 is 2.83 bits per heavy atom. The Morgan fingerprint density at radius 2 is 2.04 bits per heavy atom. The van der Waals surface area contributed by atoms with Crippen LogP contribution in [0.3, 0.4) is 0 Å². The third-order valence-corrected chi connectivity index (χ3v) is 4.62. The third kappa shape index (κ3) is 3.84. The first-order chi connectivity index (χ1) is 11.3. The molecule has 2 nitrogen and oxygen atoms in total. The van der Waals surface area contributed by atoms with Crippen LogP contribution in [0, 0.1) is 0 Å². The van der Waals surface area contributed by atoms with Crippen molar-refractivity contribution in [3.8, 4) is 0 Å². The zero-order valence-electron chi connectivity index (χ0n) is 12.8. The molecule has 3 N–H and O–H groups in total. The van der Waals surface area contributed by atoms with Crippen LogP contribution in [0.1, 0.15) is 24.0 Å². The summed E-state index contributed by atoms with van der Waals surface area (Å²) in [4.78, 5) is 0.585. The highest BCUT2D eigenvalue weighted by molar-refractivity contribution is 8.04. The number of anilines is 1. The van der Waals surface area contributed by atoms with Gasteiger partial charge < -0.3 is 10.5 Å². The molecule has 0 radical (unpaired) electrons. The summed E-state index contributed by atoms with van der Waals surface area (Å²) in [6.07, 6.45) is 15.1. The van der Waals surface area contributed by atoms with Crippen LogP contribution in [0.4, 0.5) is 10.1 Å². The SMILES string of the molecule is NCc1ccc(C2=CC=CC2)c(NSC2=C(F)C=CCC=C2)c1. The van der Waals surface area contributed by atoms with E-state index >= 15 is 0 Å². The van der Waals surface area contributed by atoms with Crippen LogP contribution in [-0.2, 0) is 6.54 Å². The lowest BCUT2D eigenvalue weighted by Gasteiger charge is -2.14. The summed E-state index contributed by atoms with van der Waals surface area (Å²) in [5.41, 5.74) is 10.2. The minimum Gasteiger partial charge on any atom is -0.326 e. The first kappa shape index (κ1) is 15.8. The maximum Gasteiger partial charge on any atom is 0.138 e. The molecule has 2 aliphatic carbocycles. The highest BCUT2D eigenvalue weighted by Crippen LogP contribution is 2.34.